The number of hydrogen-bond acceptors (Lipinski definition) is 2. The number of hydrogen-bond donors (Lipinski definition) is 0. The van der Waals surface area contributed by atoms with E-state index < -0.39 is 5.41 Å². The Morgan fingerprint density at radius 3 is 1.57 bits per heavy atom. The van der Waals surface area contributed by atoms with Crippen LogP contribution < -0.4 is 9.80 Å². The molecule has 0 bridgehead atoms. The minimum atomic E-state index is -0.479. The number of nitrogens with zero attached hydrogens (tertiary/aromatic N) is 3. The highest BCUT2D eigenvalue weighted by atomic mass is 15.2. The summed E-state index contributed by atoms with van der Waals surface area (Å²) < 4.78 is 2.39. The molecule has 0 fully saturated rings. The molecule has 7 aromatic rings. The molecule has 1 aromatic heterocycles. The van der Waals surface area contributed by atoms with Crippen LogP contribution in [0, 0.1) is 0 Å². The first kappa shape index (κ1) is 25.8. The Hall–Kier alpha value is -5.54. The van der Waals surface area contributed by atoms with Crippen molar-refractivity contribution in [3.05, 3.63) is 185 Å². The van der Waals surface area contributed by atoms with Crippen molar-refractivity contribution in [2.75, 3.05) is 22.9 Å². The fraction of sp³-hybridized carbons (Fsp3) is 0.116. The van der Waals surface area contributed by atoms with E-state index >= 15 is 0 Å². The Labute approximate surface area is 269 Å². The number of fused-ring (bicyclic) bond motifs is 4. The van der Waals surface area contributed by atoms with Crippen molar-refractivity contribution in [3.8, 4) is 5.69 Å². The number of rotatable bonds is 4. The van der Waals surface area contributed by atoms with Gasteiger partial charge in [-0.25, -0.2) is 0 Å². The Kier molecular flexibility index (Phi) is 5.45. The van der Waals surface area contributed by atoms with E-state index in [0.717, 1.165) is 25.9 Å². The molecule has 6 aromatic carbocycles. The van der Waals surface area contributed by atoms with Gasteiger partial charge in [0.15, 0.2) is 0 Å². The molecule has 0 spiro atoms. The van der Waals surface area contributed by atoms with Gasteiger partial charge in [0.1, 0.15) is 0 Å². The van der Waals surface area contributed by atoms with Crippen molar-refractivity contribution in [1.29, 1.82) is 0 Å². The van der Waals surface area contributed by atoms with E-state index in [4.69, 9.17) is 0 Å². The summed E-state index contributed by atoms with van der Waals surface area (Å²) in [4.78, 5) is 4.93. The van der Waals surface area contributed by atoms with Gasteiger partial charge in [-0.1, -0.05) is 97.1 Å². The molecule has 0 atom stereocenters. The van der Waals surface area contributed by atoms with Gasteiger partial charge < -0.3 is 14.4 Å². The maximum atomic E-state index is 2.47. The van der Waals surface area contributed by atoms with E-state index in [1.165, 1.54) is 72.7 Å². The first-order valence-electron chi connectivity index (χ1n) is 16.4. The Morgan fingerprint density at radius 1 is 0.435 bits per heavy atom. The van der Waals surface area contributed by atoms with Gasteiger partial charge in [0.25, 0.3) is 0 Å². The molecule has 10 rings (SSSR count). The molecular formula is C43H33N3. The molecule has 46 heavy (non-hydrogen) atoms. The van der Waals surface area contributed by atoms with Gasteiger partial charge >= 0.3 is 0 Å². The molecule has 220 valence electrons. The molecule has 3 aliphatic rings. The van der Waals surface area contributed by atoms with Crippen molar-refractivity contribution in [2.24, 2.45) is 0 Å². The maximum absolute atomic E-state index is 2.47. The zero-order valence-electron chi connectivity index (χ0n) is 25.6. The lowest BCUT2D eigenvalue weighted by Gasteiger charge is -2.42. The van der Waals surface area contributed by atoms with E-state index in [1.807, 2.05) is 0 Å². The smallest absolute Gasteiger partial charge is 0.0742 e. The summed E-state index contributed by atoms with van der Waals surface area (Å²) in [6.45, 7) is 2.03. The lowest BCUT2D eigenvalue weighted by Crippen LogP contribution is -2.35. The van der Waals surface area contributed by atoms with E-state index in [9.17, 15) is 0 Å². The molecule has 0 radical (unpaired) electrons. The van der Waals surface area contributed by atoms with Crippen molar-refractivity contribution < 1.29 is 0 Å². The molecule has 3 nitrogen and oxygen atoms in total. The quantitative estimate of drug-likeness (QED) is 0.202. The van der Waals surface area contributed by atoms with Crippen molar-refractivity contribution in [1.82, 2.24) is 4.57 Å². The van der Waals surface area contributed by atoms with Crippen LogP contribution >= 0.6 is 0 Å². The minimum Gasteiger partial charge on any atom is -0.341 e. The average molecular weight is 592 g/mol. The summed E-state index contributed by atoms with van der Waals surface area (Å²) in [6.07, 6.45) is 4.41. The van der Waals surface area contributed by atoms with Crippen LogP contribution in [0.4, 0.5) is 22.7 Å². The molecule has 3 aliphatic heterocycles. The number of anilines is 4. The minimum absolute atomic E-state index is 0.479. The Bertz CT molecular complexity index is 2180. The lowest BCUT2D eigenvalue weighted by molar-refractivity contribution is 0.724. The van der Waals surface area contributed by atoms with Gasteiger partial charge in [-0.15, -0.1) is 0 Å². The van der Waals surface area contributed by atoms with Crippen LogP contribution in [0.25, 0.3) is 16.6 Å². The van der Waals surface area contributed by atoms with Crippen LogP contribution in [0.3, 0.4) is 0 Å². The summed E-state index contributed by atoms with van der Waals surface area (Å²) in [5.41, 5.74) is 15.3. The molecule has 0 aliphatic carbocycles. The van der Waals surface area contributed by atoms with Crippen molar-refractivity contribution in [2.45, 2.75) is 18.3 Å². The van der Waals surface area contributed by atoms with Crippen LogP contribution in [-0.4, -0.2) is 17.7 Å². The standard InChI is InChI=1S/C43H33N3/c1-4-13-39-30(8-1)24-27-44(39)35-20-16-33(17-21-35)43(34-18-22-36(23-19-34)45-28-25-31-9-2-5-14-40(31)45)37-11-3-6-15-41(37)46-29-26-32-10-7-12-38(43)42(32)46/h1-23,26,29H,24-25,27-28H2. The molecule has 0 unspecified atom stereocenters. The van der Waals surface area contributed by atoms with Gasteiger partial charge in [-0.05, 0) is 94.8 Å². The van der Waals surface area contributed by atoms with Crippen LogP contribution in [-0.2, 0) is 18.3 Å². The summed E-state index contributed by atoms with van der Waals surface area (Å²) in [6, 6.07) is 54.6. The molecule has 0 saturated carbocycles. The average Bonchev–Trinajstić information content (AvgIpc) is 3.87. The third-order valence-electron chi connectivity index (χ3n) is 10.7. The highest BCUT2D eigenvalue weighted by molar-refractivity contribution is 5.92. The SMILES string of the molecule is c1ccc2c(c1)CCN2c1ccc(C2(c3ccc(N4CCc5ccccc54)cc3)c3ccccc3-n3ccc4cccc2c43)cc1. The van der Waals surface area contributed by atoms with Crippen LogP contribution in [0.5, 0.6) is 0 Å². The third kappa shape index (κ3) is 3.48. The fourth-order valence-electron chi connectivity index (χ4n) is 8.63. The molecule has 0 amide bonds. The molecule has 4 heterocycles. The maximum Gasteiger partial charge on any atom is 0.0742 e. The largest absolute Gasteiger partial charge is 0.341 e. The predicted molar refractivity (Wildman–Crippen MR) is 189 cm³/mol. The monoisotopic (exact) mass is 591 g/mol. The Morgan fingerprint density at radius 2 is 0.957 bits per heavy atom. The summed E-state index contributed by atoms with van der Waals surface area (Å²) in [5.74, 6) is 0. The molecule has 0 N–H and O–H groups in total. The first-order chi connectivity index (χ1) is 22.8. The fourth-order valence-corrected chi connectivity index (χ4v) is 8.63. The topological polar surface area (TPSA) is 11.4 Å². The number of benzene rings is 6. The van der Waals surface area contributed by atoms with Gasteiger partial charge in [-0.3, -0.25) is 0 Å². The summed E-state index contributed by atoms with van der Waals surface area (Å²) in [5, 5.41) is 1.27. The lowest BCUT2D eigenvalue weighted by atomic mass is 9.63. The second kappa shape index (κ2) is 9.73. The van der Waals surface area contributed by atoms with Gasteiger partial charge in [-0.2, -0.15) is 0 Å². The van der Waals surface area contributed by atoms with Crippen molar-refractivity contribution >= 4 is 33.7 Å². The third-order valence-corrected chi connectivity index (χ3v) is 10.7. The molecule has 3 heteroatoms. The normalized spacial score (nSPS) is 15.6. The van der Waals surface area contributed by atoms with E-state index in [-0.39, 0.29) is 0 Å². The number of aromatic nitrogens is 1. The van der Waals surface area contributed by atoms with Crippen LogP contribution in [0.2, 0.25) is 0 Å². The van der Waals surface area contributed by atoms with Gasteiger partial charge in [0.05, 0.1) is 16.6 Å². The zero-order chi connectivity index (χ0) is 30.2. The molecule has 0 saturated heterocycles. The zero-order valence-corrected chi connectivity index (χ0v) is 25.6. The number of para-hydroxylation sites is 4. The van der Waals surface area contributed by atoms with Gasteiger partial charge in [0, 0.05) is 47.4 Å². The highest BCUT2D eigenvalue weighted by Crippen LogP contribution is 2.53. The van der Waals surface area contributed by atoms with E-state index in [2.05, 4.69) is 166 Å². The second-order valence-electron chi connectivity index (χ2n) is 12.9. The van der Waals surface area contributed by atoms with E-state index in [0.29, 0.717) is 0 Å². The van der Waals surface area contributed by atoms with Crippen LogP contribution in [0.15, 0.2) is 152 Å². The summed E-state index contributed by atoms with van der Waals surface area (Å²) in [7, 11) is 0. The van der Waals surface area contributed by atoms with Crippen molar-refractivity contribution in [3.63, 3.8) is 0 Å². The van der Waals surface area contributed by atoms with E-state index in [1.54, 1.807) is 0 Å². The predicted octanol–water partition coefficient (Wildman–Crippen LogP) is 9.71. The van der Waals surface area contributed by atoms with Crippen LogP contribution in [0.1, 0.15) is 33.4 Å². The summed E-state index contributed by atoms with van der Waals surface area (Å²) >= 11 is 0. The molecular weight excluding hydrogens is 558 g/mol. The highest BCUT2D eigenvalue weighted by Gasteiger charge is 2.44. The second-order valence-corrected chi connectivity index (χ2v) is 12.9. The van der Waals surface area contributed by atoms with Gasteiger partial charge in [0.2, 0.25) is 0 Å². The first-order valence-corrected chi connectivity index (χ1v) is 16.4. The Balaban J connectivity index is 1.18.